The molecule has 0 saturated heterocycles. The van der Waals surface area contributed by atoms with Crippen molar-refractivity contribution in [1.82, 2.24) is 10.2 Å². The molecular formula is C14H15F2N3O. The molecule has 2 aromatic rings. The summed E-state index contributed by atoms with van der Waals surface area (Å²) in [5.41, 5.74) is 1.35. The van der Waals surface area contributed by atoms with Crippen LogP contribution in [0.5, 0.6) is 0 Å². The van der Waals surface area contributed by atoms with E-state index in [4.69, 9.17) is 0 Å². The molecule has 0 aliphatic rings. The second-order valence-corrected chi connectivity index (χ2v) is 4.50. The molecule has 6 heteroatoms. The first-order chi connectivity index (χ1) is 9.58. The first-order valence-corrected chi connectivity index (χ1v) is 6.36. The van der Waals surface area contributed by atoms with E-state index in [-0.39, 0.29) is 12.3 Å². The lowest BCUT2D eigenvalue weighted by atomic mass is 10.1. The Kier molecular flexibility index (Phi) is 4.45. The first kappa shape index (κ1) is 14.2. The Hall–Kier alpha value is -2.24. The summed E-state index contributed by atoms with van der Waals surface area (Å²) < 4.78 is 25.8. The van der Waals surface area contributed by atoms with Crippen LogP contribution in [-0.2, 0) is 17.6 Å². The number of nitrogens with one attached hydrogen (secondary N) is 2. The van der Waals surface area contributed by atoms with Crippen LogP contribution < -0.4 is 5.32 Å². The molecule has 4 nitrogen and oxygen atoms in total. The van der Waals surface area contributed by atoms with Crippen molar-refractivity contribution in [2.24, 2.45) is 0 Å². The second kappa shape index (κ2) is 6.27. The molecule has 0 spiro atoms. The molecule has 0 saturated carbocycles. The van der Waals surface area contributed by atoms with Crippen LogP contribution in [0.1, 0.15) is 24.6 Å². The van der Waals surface area contributed by atoms with Gasteiger partial charge in [0.25, 0.3) is 0 Å². The number of benzene rings is 1. The number of amides is 1. The van der Waals surface area contributed by atoms with E-state index < -0.39 is 11.6 Å². The summed E-state index contributed by atoms with van der Waals surface area (Å²) in [6.45, 7) is 2.04. The molecule has 106 valence electrons. The lowest BCUT2D eigenvalue weighted by Gasteiger charge is -2.02. The van der Waals surface area contributed by atoms with Gasteiger partial charge in [-0.25, -0.2) is 8.78 Å². The minimum absolute atomic E-state index is 0.0346. The van der Waals surface area contributed by atoms with Crippen LogP contribution in [-0.4, -0.2) is 16.1 Å². The van der Waals surface area contributed by atoms with Crippen LogP contribution in [0, 0.1) is 11.6 Å². The van der Waals surface area contributed by atoms with Crippen molar-refractivity contribution in [2.75, 3.05) is 5.32 Å². The Labute approximate surface area is 115 Å². The quantitative estimate of drug-likeness (QED) is 0.884. The maximum absolute atomic E-state index is 13.0. The average Bonchev–Trinajstić information content (AvgIpc) is 2.81. The van der Waals surface area contributed by atoms with Crippen LogP contribution in [0.4, 0.5) is 14.6 Å². The summed E-state index contributed by atoms with van der Waals surface area (Å²) in [4.78, 5) is 11.8. The Morgan fingerprint density at radius 3 is 2.80 bits per heavy atom. The standard InChI is InChI=1S/C14H15F2N3O/c1-2-3-10-8-13(19-18-10)17-14(20)7-9-4-5-11(15)12(16)6-9/h4-6,8H,2-3,7H2,1H3,(H2,17,18,19,20). The molecule has 0 radical (unpaired) electrons. The number of nitrogens with zero attached hydrogens (tertiary/aromatic N) is 1. The fraction of sp³-hybridized carbons (Fsp3) is 0.286. The molecule has 1 aromatic heterocycles. The van der Waals surface area contributed by atoms with Crippen molar-refractivity contribution in [3.63, 3.8) is 0 Å². The molecular weight excluding hydrogens is 264 g/mol. The third-order valence-electron chi connectivity index (χ3n) is 2.77. The second-order valence-electron chi connectivity index (χ2n) is 4.50. The van der Waals surface area contributed by atoms with Gasteiger partial charge in [-0.05, 0) is 24.1 Å². The Morgan fingerprint density at radius 2 is 2.10 bits per heavy atom. The van der Waals surface area contributed by atoms with Crippen molar-refractivity contribution in [1.29, 1.82) is 0 Å². The number of hydrogen-bond donors (Lipinski definition) is 2. The molecule has 0 bridgehead atoms. The molecule has 1 heterocycles. The fourth-order valence-electron chi connectivity index (χ4n) is 1.85. The van der Waals surface area contributed by atoms with Gasteiger partial charge in [0.2, 0.25) is 5.91 Å². The number of aromatic nitrogens is 2. The molecule has 0 atom stereocenters. The van der Waals surface area contributed by atoms with Crippen LogP contribution in [0.15, 0.2) is 24.3 Å². The highest BCUT2D eigenvalue weighted by Gasteiger charge is 2.09. The highest BCUT2D eigenvalue weighted by molar-refractivity contribution is 5.91. The molecule has 1 aromatic carbocycles. The number of carbonyl (C=O) groups is 1. The minimum atomic E-state index is -0.958. The Morgan fingerprint density at radius 1 is 1.30 bits per heavy atom. The maximum atomic E-state index is 13.0. The summed E-state index contributed by atoms with van der Waals surface area (Å²) in [6, 6.07) is 5.16. The minimum Gasteiger partial charge on any atom is -0.309 e. The van der Waals surface area contributed by atoms with E-state index in [1.807, 2.05) is 6.92 Å². The summed E-state index contributed by atoms with van der Waals surface area (Å²) in [6.07, 6.45) is 1.80. The highest BCUT2D eigenvalue weighted by atomic mass is 19.2. The lowest BCUT2D eigenvalue weighted by Crippen LogP contribution is -2.14. The van der Waals surface area contributed by atoms with Crippen molar-refractivity contribution >= 4 is 11.7 Å². The third kappa shape index (κ3) is 3.63. The highest BCUT2D eigenvalue weighted by Crippen LogP contribution is 2.11. The van der Waals surface area contributed by atoms with Crippen LogP contribution in [0.3, 0.4) is 0 Å². The third-order valence-corrected chi connectivity index (χ3v) is 2.77. The molecule has 2 N–H and O–H groups in total. The van der Waals surface area contributed by atoms with E-state index in [9.17, 15) is 13.6 Å². The number of anilines is 1. The van der Waals surface area contributed by atoms with Gasteiger partial charge >= 0.3 is 0 Å². The van der Waals surface area contributed by atoms with Gasteiger partial charge in [0.15, 0.2) is 17.5 Å². The van der Waals surface area contributed by atoms with Crippen molar-refractivity contribution in [3.8, 4) is 0 Å². The summed E-state index contributed by atoms with van der Waals surface area (Å²) in [5.74, 6) is -1.78. The molecule has 2 rings (SSSR count). The zero-order valence-electron chi connectivity index (χ0n) is 11.0. The van der Waals surface area contributed by atoms with Gasteiger partial charge in [-0.1, -0.05) is 19.4 Å². The predicted molar refractivity (Wildman–Crippen MR) is 71.3 cm³/mol. The summed E-state index contributed by atoms with van der Waals surface area (Å²) in [5, 5.41) is 9.38. The summed E-state index contributed by atoms with van der Waals surface area (Å²) in [7, 11) is 0. The largest absolute Gasteiger partial charge is 0.309 e. The number of hydrogen-bond acceptors (Lipinski definition) is 2. The van der Waals surface area contributed by atoms with E-state index in [1.165, 1.54) is 6.07 Å². The van der Waals surface area contributed by atoms with Crippen LogP contribution >= 0.6 is 0 Å². The normalized spacial score (nSPS) is 10.6. The van der Waals surface area contributed by atoms with Gasteiger partial charge in [-0.2, -0.15) is 5.10 Å². The molecule has 0 aliphatic heterocycles. The van der Waals surface area contributed by atoms with Gasteiger partial charge in [0.1, 0.15) is 0 Å². The van der Waals surface area contributed by atoms with Gasteiger partial charge in [-0.15, -0.1) is 0 Å². The monoisotopic (exact) mass is 279 g/mol. The number of H-pyrrole nitrogens is 1. The maximum Gasteiger partial charge on any atom is 0.229 e. The number of aryl methyl sites for hydroxylation is 1. The van der Waals surface area contributed by atoms with Crippen LogP contribution in [0.25, 0.3) is 0 Å². The lowest BCUT2D eigenvalue weighted by molar-refractivity contribution is -0.115. The van der Waals surface area contributed by atoms with Crippen molar-refractivity contribution in [2.45, 2.75) is 26.2 Å². The topological polar surface area (TPSA) is 57.8 Å². The van der Waals surface area contributed by atoms with E-state index in [2.05, 4.69) is 15.5 Å². The Balaban J connectivity index is 1.95. The van der Waals surface area contributed by atoms with Gasteiger partial charge in [0, 0.05) is 11.8 Å². The number of halogens is 2. The van der Waals surface area contributed by atoms with Crippen molar-refractivity contribution < 1.29 is 13.6 Å². The number of rotatable bonds is 5. The van der Waals surface area contributed by atoms with E-state index in [1.54, 1.807) is 6.07 Å². The summed E-state index contributed by atoms with van der Waals surface area (Å²) >= 11 is 0. The zero-order chi connectivity index (χ0) is 14.5. The number of aromatic amines is 1. The molecule has 0 aliphatic carbocycles. The predicted octanol–water partition coefficient (Wildman–Crippen LogP) is 2.82. The van der Waals surface area contributed by atoms with E-state index in [0.717, 1.165) is 30.7 Å². The first-order valence-electron chi connectivity index (χ1n) is 6.36. The molecule has 0 unspecified atom stereocenters. The van der Waals surface area contributed by atoms with Gasteiger partial charge in [0.05, 0.1) is 6.42 Å². The number of carbonyl (C=O) groups excluding carboxylic acids is 1. The SMILES string of the molecule is CCCc1cc(NC(=O)Cc2ccc(F)c(F)c2)n[nH]1. The molecule has 0 fully saturated rings. The smallest absolute Gasteiger partial charge is 0.229 e. The fourth-order valence-corrected chi connectivity index (χ4v) is 1.85. The average molecular weight is 279 g/mol. The Bertz CT molecular complexity index is 610. The van der Waals surface area contributed by atoms with E-state index >= 15 is 0 Å². The molecule has 1 amide bonds. The van der Waals surface area contributed by atoms with Crippen molar-refractivity contribution in [3.05, 3.63) is 47.2 Å². The van der Waals surface area contributed by atoms with E-state index in [0.29, 0.717) is 11.4 Å². The molecule has 20 heavy (non-hydrogen) atoms. The van der Waals surface area contributed by atoms with Crippen LogP contribution in [0.2, 0.25) is 0 Å². The van der Waals surface area contributed by atoms with Gasteiger partial charge < -0.3 is 5.32 Å². The van der Waals surface area contributed by atoms with Gasteiger partial charge in [-0.3, -0.25) is 9.89 Å². The zero-order valence-corrected chi connectivity index (χ0v) is 11.0.